The van der Waals surface area contributed by atoms with E-state index in [4.69, 9.17) is 31.3 Å². The van der Waals surface area contributed by atoms with Crippen molar-refractivity contribution in [1.82, 2.24) is 0 Å². The number of hydrogen-bond donors (Lipinski definition) is 1. The minimum atomic E-state index is -3.79. The molecule has 1 aliphatic heterocycles. The summed E-state index contributed by atoms with van der Waals surface area (Å²) >= 11 is 6.05. The van der Waals surface area contributed by atoms with Crippen LogP contribution in [0.2, 0.25) is 5.02 Å². The van der Waals surface area contributed by atoms with Crippen LogP contribution in [0.1, 0.15) is 23.6 Å². The standard InChI is InChI=1S/C23H22ClN3O4S/c1-30-18-9-12-20(23(13-18)31-2)22-14-21(15-3-5-16(24)6-4-15)26-27(22)17-7-10-19(11-8-17)32(25,28)29/h3-13,22H,14H2,1-2H3,(H2,25,28,29). The zero-order valence-corrected chi connectivity index (χ0v) is 19.1. The quantitative estimate of drug-likeness (QED) is 0.576. The molecule has 7 nitrogen and oxygen atoms in total. The van der Waals surface area contributed by atoms with Crippen molar-refractivity contribution >= 4 is 33.0 Å². The van der Waals surface area contributed by atoms with Crippen LogP contribution in [0, 0.1) is 0 Å². The van der Waals surface area contributed by atoms with E-state index >= 15 is 0 Å². The first kappa shape index (κ1) is 22.1. The van der Waals surface area contributed by atoms with Gasteiger partial charge < -0.3 is 9.47 Å². The third-order valence-electron chi connectivity index (χ3n) is 5.32. The second-order valence-corrected chi connectivity index (χ2v) is 9.26. The minimum absolute atomic E-state index is 0.0425. The molecular weight excluding hydrogens is 450 g/mol. The van der Waals surface area contributed by atoms with E-state index in [1.807, 2.05) is 47.5 Å². The average molecular weight is 472 g/mol. The van der Waals surface area contributed by atoms with Gasteiger partial charge in [0.15, 0.2) is 0 Å². The molecule has 9 heteroatoms. The summed E-state index contributed by atoms with van der Waals surface area (Å²) in [5, 5.41) is 12.6. The Morgan fingerprint density at radius 2 is 1.69 bits per heavy atom. The molecule has 0 bridgehead atoms. The van der Waals surface area contributed by atoms with Crippen LogP contribution in [-0.2, 0) is 10.0 Å². The summed E-state index contributed by atoms with van der Waals surface area (Å²) in [6.45, 7) is 0. The van der Waals surface area contributed by atoms with Crippen LogP contribution in [0.15, 0.2) is 76.7 Å². The largest absolute Gasteiger partial charge is 0.497 e. The fraction of sp³-hybridized carbons (Fsp3) is 0.174. The Kier molecular flexibility index (Phi) is 6.10. The maximum atomic E-state index is 11.7. The van der Waals surface area contributed by atoms with E-state index in [0.717, 1.165) is 22.5 Å². The van der Waals surface area contributed by atoms with Crippen molar-refractivity contribution in [2.24, 2.45) is 10.2 Å². The number of halogens is 1. The number of methoxy groups -OCH3 is 2. The van der Waals surface area contributed by atoms with Crippen molar-refractivity contribution in [2.45, 2.75) is 17.4 Å². The first-order valence-corrected chi connectivity index (χ1v) is 11.7. The molecule has 0 fully saturated rings. The maximum absolute atomic E-state index is 11.7. The molecule has 0 amide bonds. The molecule has 0 saturated carbocycles. The SMILES string of the molecule is COc1ccc(C2CC(c3ccc(Cl)cc3)=NN2c2ccc(S(N)(=O)=O)cc2)c(OC)c1. The second kappa shape index (κ2) is 8.82. The van der Waals surface area contributed by atoms with E-state index in [0.29, 0.717) is 22.9 Å². The highest BCUT2D eigenvalue weighted by atomic mass is 35.5. The van der Waals surface area contributed by atoms with Crippen LogP contribution in [-0.4, -0.2) is 28.3 Å². The molecule has 4 rings (SSSR count). The van der Waals surface area contributed by atoms with Crippen LogP contribution in [0.5, 0.6) is 11.5 Å². The average Bonchev–Trinajstić information content (AvgIpc) is 3.23. The zero-order chi connectivity index (χ0) is 22.9. The molecule has 166 valence electrons. The summed E-state index contributed by atoms with van der Waals surface area (Å²) in [5.41, 5.74) is 3.48. The predicted octanol–water partition coefficient (Wildman–Crippen LogP) is 4.36. The number of primary sulfonamides is 1. The Bertz CT molecular complexity index is 1260. The monoisotopic (exact) mass is 471 g/mol. The number of ether oxygens (including phenoxy) is 2. The van der Waals surface area contributed by atoms with Crippen LogP contribution >= 0.6 is 11.6 Å². The molecule has 0 aromatic heterocycles. The minimum Gasteiger partial charge on any atom is -0.497 e. The lowest BCUT2D eigenvalue weighted by Gasteiger charge is -2.25. The summed E-state index contributed by atoms with van der Waals surface area (Å²) in [6.07, 6.45) is 0.612. The summed E-state index contributed by atoms with van der Waals surface area (Å²) in [5.74, 6) is 1.36. The molecule has 1 aliphatic rings. The molecule has 0 radical (unpaired) electrons. The number of nitrogens with two attached hydrogens (primary N) is 1. The highest BCUT2D eigenvalue weighted by Gasteiger charge is 2.32. The number of anilines is 1. The molecule has 0 saturated heterocycles. The lowest BCUT2D eigenvalue weighted by molar-refractivity contribution is 0.388. The third kappa shape index (κ3) is 4.43. The fourth-order valence-electron chi connectivity index (χ4n) is 3.69. The molecule has 1 heterocycles. The number of benzene rings is 3. The lowest BCUT2D eigenvalue weighted by Crippen LogP contribution is -2.19. The van der Waals surface area contributed by atoms with Crippen molar-refractivity contribution in [3.05, 3.63) is 82.9 Å². The lowest BCUT2D eigenvalue weighted by atomic mass is 9.97. The Morgan fingerprint density at radius 3 is 2.28 bits per heavy atom. The van der Waals surface area contributed by atoms with Gasteiger partial charge in [0.1, 0.15) is 11.5 Å². The van der Waals surface area contributed by atoms with Gasteiger partial charge >= 0.3 is 0 Å². The van der Waals surface area contributed by atoms with Crippen molar-refractivity contribution in [3.8, 4) is 11.5 Å². The third-order valence-corrected chi connectivity index (χ3v) is 6.50. The molecule has 1 unspecified atom stereocenters. The van der Waals surface area contributed by atoms with Crippen LogP contribution in [0.4, 0.5) is 5.69 Å². The number of sulfonamides is 1. The smallest absolute Gasteiger partial charge is 0.238 e. The molecule has 3 aromatic rings. The van der Waals surface area contributed by atoms with Gasteiger partial charge in [0.2, 0.25) is 10.0 Å². The number of rotatable bonds is 6. The molecule has 0 spiro atoms. The summed E-state index contributed by atoms with van der Waals surface area (Å²) in [4.78, 5) is 0.0425. The number of hydrogen-bond acceptors (Lipinski definition) is 6. The predicted molar refractivity (Wildman–Crippen MR) is 125 cm³/mol. The molecule has 32 heavy (non-hydrogen) atoms. The van der Waals surface area contributed by atoms with Gasteiger partial charge in [-0.25, -0.2) is 13.6 Å². The summed E-state index contributed by atoms with van der Waals surface area (Å²) in [6, 6.07) is 19.3. The zero-order valence-electron chi connectivity index (χ0n) is 17.5. The first-order valence-electron chi connectivity index (χ1n) is 9.77. The Balaban J connectivity index is 1.79. The van der Waals surface area contributed by atoms with Gasteiger partial charge in [-0.3, -0.25) is 5.01 Å². The summed E-state index contributed by atoms with van der Waals surface area (Å²) < 4.78 is 34.3. The molecule has 1 atom stereocenters. The van der Waals surface area contributed by atoms with Gasteiger partial charge in [-0.1, -0.05) is 23.7 Å². The Hall–Kier alpha value is -3.07. The fourth-order valence-corrected chi connectivity index (χ4v) is 4.33. The van der Waals surface area contributed by atoms with E-state index in [1.54, 1.807) is 26.4 Å². The van der Waals surface area contributed by atoms with E-state index < -0.39 is 10.0 Å². The molecule has 0 aliphatic carbocycles. The van der Waals surface area contributed by atoms with Gasteiger partial charge in [-0.05, 0) is 54.1 Å². The van der Waals surface area contributed by atoms with E-state index in [1.165, 1.54) is 12.1 Å². The van der Waals surface area contributed by atoms with Gasteiger partial charge in [0.25, 0.3) is 0 Å². The van der Waals surface area contributed by atoms with Crippen LogP contribution in [0.25, 0.3) is 0 Å². The van der Waals surface area contributed by atoms with Crippen molar-refractivity contribution in [2.75, 3.05) is 19.2 Å². The van der Waals surface area contributed by atoms with E-state index in [2.05, 4.69) is 0 Å². The van der Waals surface area contributed by atoms with Crippen LogP contribution < -0.4 is 19.6 Å². The maximum Gasteiger partial charge on any atom is 0.238 e. The topological polar surface area (TPSA) is 94.2 Å². The highest BCUT2D eigenvalue weighted by molar-refractivity contribution is 7.89. The Morgan fingerprint density at radius 1 is 1.00 bits per heavy atom. The second-order valence-electron chi connectivity index (χ2n) is 7.26. The van der Waals surface area contributed by atoms with Crippen molar-refractivity contribution in [1.29, 1.82) is 0 Å². The van der Waals surface area contributed by atoms with E-state index in [9.17, 15) is 8.42 Å². The molecule has 3 aromatic carbocycles. The van der Waals surface area contributed by atoms with E-state index in [-0.39, 0.29) is 10.9 Å². The van der Waals surface area contributed by atoms with Crippen molar-refractivity contribution < 1.29 is 17.9 Å². The molecule has 2 N–H and O–H groups in total. The normalized spacial score (nSPS) is 16.1. The molecular formula is C23H22ClN3O4S. The summed E-state index contributed by atoms with van der Waals surface area (Å²) in [7, 11) is -0.573. The van der Waals surface area contributed by atoms with Crippen molar-refractivity contribution in [3.63, 3.8) is 0 Å². The van der Waals surface area contributed by atoms with Gasteiger partial charge in [-0.15, -0.1) is 0 Å². The van der Waals surface area contributed by atoms with Gasteiger partial charge in [0.05, 0.1) is 36.6 Å². The van der Waals surface area contributed by atoms with Gasteiger partial charge in [0, 0.05) is 23.1 Å². The Labute approximate surface area is 192 Å². The number of nitrogens with zero attached hydrogens (tertiary/aromatic N) is 2. The van der Waals surface area contributed by atoms with Crippen LogP contribution in [0.3, 0.4) is 0 Å². The number of hydrazone groups is 1. The van der Waals surface area contributed by atoms with Gasteiger partial charge in [-0.2, -0.15) is 5.10 Å². The first-order chi connectivity index (χ1) is 15.3. The highest BCUT2D eigenvalue weighted by Crippen LogP contribution is 2.41.